The lowest BCUT2D eigenvalue weighted by atomic mass is 10.2. The zero-order chi connectivity index (χ0) is 21.5. The highest BCUT2D eigenvalue weighted by atomic mass is 32.1. The van der Waals surface area contributed by atoms with E-state index in [4.69, 9.17) is 0 Å². The van der Waals surface area contributed by atoms with Crippen LogP contribution in [-0.2, 0) is 11.2 Å². The summed E-state index contributed by atoms with van der Waals surface area (Å²) in [5, 5.41) is 16.3. The first-order valence-electron chi connectivity index (χ1n) is 10.4. The van der Waals surface area contributed by atoms with Gasteiger partial charge >= 0.3 is 0 Å². The Morgan fingerprint density at radius 1 is 1.23 bits per heavy atom. The minimum absolute atomic E-state index is 0.200. The molecule has 1 aromatic carbocycles. The average Bonchev–Trinajstić information content (AvgIpc) is 3.41. The predicted octanol–water partition coefficient (Wildman–Crippen LogP) is 4.17. The fraction of sp³-hybridized carbons (Fsp3) is 0.304. The Morgan fingerprint density at radius 3 is 2.90 bits per heavy atom. The van der Waals surface area contributed by atoms with Crippen LogP contribution in [-0.4, -0.2) is 50.5 Å². The van der Waals surface area contributed by atoms with Gasteiger partial charge in [-0.25, -0.2) is 15.0 Å². The molecule has 2 aromatic heterocycles. The summed E-state index contributed by atoms with van der Waals surface area (Å²) in [4.78, 5) is 26.8. The molecule has 1 aliphatic heterocycles. The number of aromatic nitrogens is 3. The van der Waals surface area contributed by atoms with Crippen molar-refractivity contribution in [3.63, 3.8) is 0 Å². The third-order valence-electron chi connectivity index (χ3n) is 5.02. The molecule has 1 saturated heterocycles. The van der Waals surface area contributed by atoms with E-state index in [9.17, 15) is 9.90 Å². The monoisotopic (exact) mass is 435 g/mol. The van der Waals surface area contributed by atoms with Crippen molar-refractivity contribution >= 4 is 29.3 Å². The van der Waals surface area contributed by atoms with E-state index in [1.54, 1.807) is 18.3 Å². The van der Waals surface area contributed by atoms with Crippen molar-refractivity contribution in [3.05, 3.63) is 64.4 Å². The molecule has 8 heteroatoms. The normalized spacial score (nSPS) is 14.3. The molecule has 0 atom stereocenters. The summed E-state index contributed by atoms with van der Waals surface area (Å²) in [5.41, 5.74) is 2.67. The van der Waals surface area contributed by atoms with Gasteiger partial charge in [0.25, 0.3) is 0 Å². The highest BCUT2D eigenvalue weighted by Gasteiger charge is 2.18. The number of hydrogen-bond acceptors (Lipinski definition) is 7. The summed E-state index contributed by atoms with van der Waals surface area (Å²) in [7, 11) is 0. The first kappa shape index (κ1) is 21.0. The van der Waals surface area contributed by atoms with Crippen molar-refractivity contribution in [3.8, 4) is 11.3 Å². The van der Waals surface area contributed by atoms with E-state index in [1.165, 1.54) is 11.3 Å². The predicted molar refractivity (Wildman–Crippen MR) is 123 cm³/mol. The van der Waals surface area contributed by atoms with E-state index in [1.807, 2.05) is 40.6 Å². The Kier molecular flexibility index (Phi) is 6.89. The number of aliphatic hydroxyl groups is 1. The molecule has 1 aliphatic rings. The fourth-order valence-electron chi connectivity index (χ4n) is 3.46. The van der Waals surface area contributed by atoms with E-state index in [0.717, 1.165) is 47.9 Å². The molecular weight excluding hydrogens is 410 g/mol. The Bertz CT molecular complexity index is 1050. The van der Waals surface area contributed by atoms with E-state index < -0.39 is 0 Å². The van der Waals surface area contributed by atoms with Gasteiger partial charge in [-0.3, -0.25) is 4.79 Å². The van der Waals surface area contributed by atoms with Gasteiger partial charge in [-0.15, -0.1) is 11.3 Å². The zero-order valence-corrected chi connectivity index (χ0v) is 18.0. The van der Waals surface area contributed by atoms with Crippen LogP contribution in [0.2, 0.25) is 0 Å². The molecule has 0 radical (unpaired) electrons. The molecular formula is C23H25N5O2S. The van der Waals surface area contributed by atoms with Crippen LogP contribution in [0.5, 0.6) is 0 Å². The number of amides is 1. The van der Waals surface area contributed by atoms with E-state index in [0.29, 0.717) is 25.3 Å². The summed E-state index contributed by atoms with van der Waals surface area (Å²) in [6.45, 7) is 2.31. The molecule has 2 N–H and O–H groups in total. The maximum absolute atomic E-state index is 11.6. The largest absolute Gasteiger partial charge is 0.512 e. The van der Waals surface area contributed by atoms with Crippen molar-refractivity contribution in [2.24, 2.45) is 0 Å². The molecule has 1 amide bonds. The quantitative estimate of drug-likeness (QED) is 0.387. The molecule has 3 aromatic rings. The second kappa shape index (κ2) is 10.2. The van der Waals surface area contributed by atoms with Gasteiger partial charge in [0.1, 0.15) is 10.8 Å². The number of rotatable bonds is 9. The van der Waals surface area contributed by atoms with Crippen LogP contribution in [0.4, 0.5) is 5.95 Å². The standard InChI is InChI=1S/C23H25N5O2S/c29-19(15-21-27-20(16-31-21)17-6-2-1-3-7-17)14-18-9-11-25-23(26-18)24-10-5-13-28-12-4-8-22(28)30/h1-3,6-7,9,11,15-16,29H,4-5,8,10,12-14H2,(H,24,25,26). The highest BCUT2D eigenvalue weighted by Crippen LogP contribution is 2.23. The third-order valence-corrected chi connectivity index (χ3v) is 5.81. The number of thiazole rings is 1. The second-order valence-corrected chi connectivity index (χ2v) is 8.28. The molecule has 7 nitrogen and oxygen atoms in total. The maximum atomic E-state index is 11.6. The number of hydrogen-bond donors (Lipinski definition) is 2. The van der Waals surface area contributed by atoms with Gasteiger partial charge in [0, 0.05) is 55.7 Å². The lowest BCUT2D eigenvalue weighted by Gasteiger charge is -2.15. The lowest BCUT2D eigenvalue weighted by Crippen LogP contribution is -2.27. The van der Waals surface area contributed by atoms with Crippen molar-refractivity contribution in [1.29, 1.82) is 0 Å². The molecule has 0 saturated carbocycles. The first-order valence-corrected chi connectivity index (χ1v) is 11.3. The number of nitrogens with one attached hydrogen (secondary N) is 1. The van der Waals surface area contributed by atoms with Crippen LogP contribution in [0.25, 0.3) is 17.3 Å². The Hall–Kier alpha value is -3.26. The molecule has 160 valence electrons. The van der Waals surface area contributed by atoms with Crippen LogP contribution < -0.4 is 5.32 Å². The summed E-state index contributed by atoms with van der Waals surface area (Å²) in [6.07, 6.45) is 6.14. The fourth-order valence-corrected chi connectivity index (χ4v) is 4.24. The van der Waals surface area contributed by atoms with Gasteiger partial charge in [-0.2, -0.15) is 0 Å². The summed E-state index contributed by atoms with van der Waals surface area (Å²) >= 11 is 1.49. The molecule has 3 heterocycles. The topological polar surface area (TPSA) is 91.2 Å². The molecule has 31 heavy (non-hydrogen) atoms. The highest BCUT2D eigenvalue weighted by molar-refractivity contribution is 7.10. The van der Waals surface area contributed by atoms with E-state index in [-0.39, 0.29) is 11.7 Å². The van der Waals surface area contributed by atoms with E-state index in [2.05, 4.69) is 20.3 Å². The number of nitrogens with zero attached hydrogens (tertiary/aromatic N) is 4. The first-order chi connectivity index (χ1) is 15.2. The number of carbonyl (C=O) groups is 1. The van der Waals surface area contributed by atoms with Crippen molar-refractivity contribution in [1.82, 2.24) is 19.9 Å². The number of allylic oxidation sites excluding steroid dienone is 1. The Morgan fingerprint density at radius 2 is 2.10 bits per heavy atom. The molecule has 1 fully saturated rings. The van der Waals surface area contributed by atoms with E-state index >= 15 is 0 Å². The minimum Gasteiger partial charge on any atom is -0.512 e. The molecule has 0 bridgehead atoms. The zero-order valence-electron chi connectivity index (χ0n) is 17.2. The smallest absolute Gasteiger partial charge is 0.222 e. The molecule has 0 spiro atoms. The van der Waals surface area contributed by atoms with Crippen molar-refractivity contribution in [2.45, 2.75) is 25.7 Å². The number of aliphatic hydroxyl groups excluding tert-OH is 1. The van der Waals surface area contributed by atoms with Gasteiger partial charge in [-0.05, 0) is 18.9 Å². The molecule has 0 unspecified atom stereocenters. The van der Waals surface area contributed by atoms with Crippen LogP contribution >= 0.6 is 11.3 Å². The van der Waals surface area contributed by atoms with Gasteiger partial charge in [-0.1, -0.05) is 30.3 Å². The van der Waals surface area contributed by atoms with Crippen molar-refractivity contribution < 1.29 is 9.90 Å². The molecule has 0 aliphatic carbocycles. The van der Waals surface area contributed by atoms with Gasteiger partial charge in [0.15, 0.2) is 0 Å². The van der Waals surface area contributed by atoms with Gasteiger partial charge in [0.2, 0.25) is 11.9 Å². The van der Waals surface area contributed by atoms with Crippen molar-refractivity contribution in [2.75, 3.05) is 25.0 Å². The third kappa shape index (κ3) is 5.88. The second-order valence-electron chi connectivity index (χ2n) is 7.39. The van der Waals surface area contributed by atoms with Gasteiger partial charge < -0.3 is 15.3 Å². The lowest BCUT2D eigenvalue weighted by molar-refractivity contribution is -0.127. The summed E-state index contributed by atoms with van der Waals surface area (Å²) in [5.74, 6) is 0.974. The number of benzene rings is 1. The average molecular weight is 436 g/mol. The number of likely N-dealkylation sites (tertiary alicyclic amines) is 1. The number of anilines is 1. The van der Waals surface area contributed by atoms with Crippen LogP contribution in [0.3, 0.4) is 0 Å². The molecule has 4 rings (SSSR count). The minimum atomic E-state index is 0.200. The van der Waals surface area contributed by atoms with Crippen LogP contribution in [0.1, 0.15) is 30.0 Å². The SMILES string of the molecule is O=C1CCCN1CCCNc1nccc(CC(O)=Cc2nc(-c3ccccc3)cs2)n1. The maximum Gasteiger partial charge on any atom is 0.222 e. The summed E-state index contributed by atoms with van der Waals surface area (Å²) in [6, 6.07) is 11.8. The van der Waals surface area contributed by atoms with Crippen LogP contribution in [0, 0.1) is 0 Å². The number of carbonyl (C=O) groups excluding carboxylic acids is 1. The Labute approximate surface area is 185 Å². The Balaban J connectivity index is 1.30. The van der Waals surface area contributed by atoms with Gasteiger partial charge in [0.05, 0.1) is 11.4 Å². The summed E-state index contributed by atoms with van der Waals surface area (Å²) < 4.78 is 0. The van der Waals surface area contributed by atoms with Crippen LogP contribution in [0.15, 0.2) is 53.7 Å².